The second-order valence-electron chi connectivity index (χ2n) is 9.89. The van der Waals surface area contributed by atoms with E-state index < -0.39 is 36.4 Å². The van der Waals surface area contributed by atoms with Crippen molar-refractivity contribution in [1.29, 1.82) is 0 Å². The number of nitrogen functional groups attached to an aromatic ring is 1. The first-order valence-corrected chi connectivity index (χ1v) is 13.1. The van der Waals surface area contributed by atoms with Crippen LogP contribution >= 0.6 is 0 Å². The molecule has 1 aromatic heterocycles. The predicted octanol–water partition coefficient (Wildman–Crippen LogP) is 3.41. The predicted molar refractivity (Wildman–Crippen MR) is 151 cm³/mol. The average Bonchev–Trinajstić information content (AvgIpc) is 3.46. The van der Waals surface area contributed by atoms with Gasteiger partial charge >= 0.3 is 12.1 Å². The molecule has 3 aromatic carbocycles. The third-order valence-electron chi connectivity index (χ3n) is 7.14. The van der Waals surface area contributed by atoms with Gasteiger partial charge in [-0.05, 0) is 41.7 Å². The zero-order valence-corrected chi connectivity index (χ0v) is 21.8. The summed E-state index contributed by atoms with van der Waals surface area (Å²) in [5.74, 6) is 0.152. The molecule has 5 rings (SSSR count). The van der Waals surface area contributed by atoms with Crippen LogP contribution in [-0.2, 0) is 19.4 Å². The number of aliphatic hydroxyl groups is 2. The average molecular weight is 541 g/mol. The highest BCUT2D eigenvalue weighted by molar-refractivity contribution is 6.00. The van der Waals surface area contributed by atoms with Gasteiger partial charge < -0.3 is 25.8 Å². The van der Waals surface area contributed by atoms with Gasteiger partial charge in [0.1, 0.15) is 12.2 Å². The maximum atomic E-state index is 14.4. The third kappa shape index (κ3) is 5.98. The summed E-state index contributed by atoms with van der Waals surface area (Å²) >= 11 is 0. The SMILES string of the molecule is Nc1cccc(CN2C(=O)N(C(=O)Nc3ncc[nH]3)C(Cc3ccccc3)C(O)C(O)C2Cc2ccccc2)c1. The minimum Gasteiger partial charge on any atom is -0.399 e. The summed E-state index contributed by atoms with van der Waals surface area (Å²) in [5.41, 5.74) is 8.93. The highest BCUT2D eigenvalue weighted by atomic mass is 16.3. The Labute approximate surface area is 232 Å². The Morgan fingerprint density at radius 2 is 1.48 bits per heavy atom. The Morgan fingerprint density at radius 1 is 0.875 bits per heavy atom. The number of aromatic nitrogens is 2. The van der Waals surface area contributed by atoms with Gasteiger partial charge in [0.05, 0.1) is 12.1 Å². The molecule has 4 aromatic rings. The van der Waals surface area contributed by atoms with Crippen LogP contribution in [0.2, 0.25) is 0 Å². The van der Waals surface area contributed by atoms with Gasteiger partial charge in [-0.1, -0.05) is 72.8 Å². The van der Waals surface area contributed by atoms with Gasteiger partial charge in [0, 0.05) is 24.6 Å². The fourth-order valence-electron chi connectivity index (χ4n) is 5.17. The maximum absolute atomic E-state index is 14.4. The van der Waals surface area contributed by atoms with Gasteiger partial charge in [0.25, 0.3) is 0 Å². The van der Waals surface area contributed by atoms with E-state index in [-0.39, 0.29) is 25.3 Å². The molecule has 10 nitrogen and oxygen atoms in total. The number of H-pyrrole nitrogens is 1. The zero-order valence-electron chi connectivity index (χ0n) is 21.8. The number of amides is 4. The first-order chi connectivity index (χ1) is 19.4. The third-order valence-corrected chi connectivity index (χ3v) is 7.14. The Bertz CT molecular complexity index is 1420. The van der Waals surface area contributed by atoms with E-state index in [0.717, 1.165) is 21.6 Å². The molecule has 0 saturated carbocycles. The summed E-state index contributed by atoms with van der Waals surface area (Å²) in [6, 6.07) is 22.4. The van der Waals surface area contributed by atoms with Crippen molar-refractivity contribution in [2.75, 3.05) is 11.1 Å². The lowest BCUT2D eigenvalue weighted by atomic mass is 9.91. The molecule has 4 atom stereocenters. The summed E-state index contributed by atoms with van der Waals surface area (Å²) in [6.45, 7) is 0.0632. The molecule has 1 fully saturated rings. The molecule has 1 aliphatic rings. The lowest BCUT2D eigenvalue weighted by Crippen LogP contribution is -2.55. The van der Waals surface area contributed by atoms with Crippen molar-refractivity contribution in [3.8, 4) is 0 Å². The van der Waals surface area contributed by atoms with E-state index >= 15 is 0 Å². The largest absolute Gasteiger partial charge is 0.399 e. The number of imide groups is 1. The molecule has 0 aliphatic carbocycles. The van der Waals surface area contributed by atoms with Gasteiger partial charge in [-0.3, -0.25) is 5.32 Å². The van der Waals surface area contributed by atoms with Crippen molar-refractivity contribution in [2.45, 2.75) is 43.7 Å². The fraction of sp³-hybridized carbons (Fsp3) is 0.233. The zero-order chi connectivity index (χ0) is 28.1. The molecule has 0 bridgehead atoms. The van der Waals surface area contributed by atoms with Gasteiger partial charge in [-0.25, -0.2) is 19.5 Å². The number of anilines is 2. The highest BCUT2D eigenvalue weighted by Crippen LogP contribution is 2.29. The second kappa shape index (κ2) is 12.0. The van der Waals surface area contributed by atoms with E-state index in [9.17, 15) is 19.8 Å². The molecule has 1 aliphatic heterocycles. The summed E-state index contributed by atoms with van der Waals surface area (Å²) in [7, 11) is 0. The van der Waals surface area contributed by atoms with Crippen LogP contribution in [0.15, 0.2) is 97.3 Å². The smallest absolute Gasteiger partial charge is 0.332 e. The molecule has 40 heavy (non-hydrogen) atoms. The van der Waals surface area contributed by atoms with E-state index in [1.165, 1.54) is 11.1 Å². The van der Waals surface area contributed by atoms with E-state index in [4.69, 9.17) is 5.73 Å². The summed E-state index contributed by atoms with van der Waals surface area (Å²) in [4.78, 5) is 37.4. The molecule has 4 unspecified atom stereocenters. The number of hydrogen-bond donors (Lipinski definition) is 5. The van der Waals surface area contributed by atoms with Crippen LogP contribution in [-0.4, -0.2) is 66.3 Å². The van der Waals surface area contributed by atoms with E-state index in [1.54, 1.807) is 24.4 Å². The lowest BCUT2D eigenvalue weighted by Gasteiger charge is -2.34. The normalized spacial score (nSPS) is 21.2. The molecule has 206 valence electrons. The van der Waals surface area contributed by atoms with Gasteiger partial charge in [0.2, 0.25) is 5.95 Å². The Balaban J connectivity index is 1.58. The number of carbonyl (C=O) groups excluding carboxylic acids is 2. The molecule has 0 spiro atoms. The Hall–Kier alpha value is -4.67. The first-order valence-electron chi connectivity index (χ1n) is 13.1. The lowest BCUT2D eigenvalue weighted by molar-refractivity contribution is -0.0368. The van der Waals surface area contributed by atoms with Crippen molar-refractivity contribution in [2.24, 2.45) is 0 Å². The van der Waals surface area contributed by atoms with Gasteiger partial charge in [-0.15, -0.1) is 0 Å². The van der Waals surface area contributed by atoms with Crippen LogP contribution in [0.5, 0.6) is 0 Å². The number of aliphatic hydroxyl groups excluding tert-OH is 2. The van der Waals surface area contributed by atoms with Crippen molar-refractivity contribution in [1.82, 2.24) is 19.8 Å². The van der Waals surface area contributed by atoms with Crippen LogP contribution < -0.4 is 11.1 Å². The van der Waals surface area contributed by atoms with Crippen LogP contribution in [0.1, 0.15) is 16.7 Å². The number of nitrogens with two attached hydrogens (primary N) is 1. The number of benzene rings is 3. The van der Waals surface area contributed by atoms with Crippen molar-refractivity contribution < 1.29 is 19.8 Å². The number of rotatable bonds is 7. The Kier molecular flexibility index (Phi) is 8.09. The fourth-order valence-corrected chi connectivity index (χ4v) is 5.17. The minimum atomic E-state index is -1.44. The minimum absolute atomic E-state index is 0.0632. The molecule has 4 amide bonds. The number of nitrogens with zero attached hydrogens (tertiary/aromatic N) is 3. The monoisotopic (exact) mass is 540 g/mol. The quantitative estimate of drug-likeness (QED) is 0.227. The summed E-state index contributed by atoms with van der Waals surface area (Å²) < 4.78 is 0. The van der Waals surface area contributed by atoms with Gasteiger partial charge in [-0.2, -0.15) is 0 Å². The van der Waals surface area contributed by atoms with Gasteiger partial charge in [0.15, 0.2) is 0 Å². The number of carbonyl (C=O) groups is 2. The van der Waals surface area contributed by atoms with Crippen LogP contribution in [0.25, 0.3) is 0 Å². The molecule has 2 heterocycles. The summed E-state index contributed by atoms with van der Waals surface area (Å²) in [6.07, 6.45) is 0.620. The van der Waals surface area contributed by atoms with E-state index in [0.29, 0.717) is 5.69 Å². The molecule has 1 saturated heterocycles. The van der Waals surface area contributed by atoms with Crippen molar-refractivity contribution in [3.05, 3.63) is 114 Å². The topological polar surface area (TPSA) is 148 Å². The maximum Gasteiger partial charge on any atom is 0.332 e. The number of nitrogens with one attached hydrogen (secondary N) is 2. The van der Waals surface area contributed by atoms with E-state index in [1.807, 2.05) is 66.7 Å². The number of imidazole rings is 1. The molecular formula is C30H32N6O4. The number of hydrogen-bond acceptors (Lipinski definition) is 6. The molecular weight excluding hydrogens is 508 g/mol. The Morgan fingerprint density at radius 3 is 2.08 bits per heavy atom. The number of urea groups is 2. The van der Waals surface area contributed by atoms with Crippen LogP contribution in [0.3, 0.4) is 0 Å². The summed E-state index contributed by atoms with van der Waals surface area (Å²) in [5, 5.41) is 25.9. The number of aromatic amines is 1. The van der Waals surface area contributed by atoms with Crippen molar-refractivity contribution >= 4 is 23.7 Å². The van der Waals surface area contributed by atoms with Crippen LogP contribution in [0, 0.1) is 0 Å². The van der Waals surface area contributed by atoms with E-state index in [2.05, 4.69) is 15.3 Å². The standard InChI is InChI=1S/C30H32N6O4/c31-23-13-7-12-22(16-23)19-35-24(17-20-8-3-1-4-9-20)26(37)27(38)25(18-21-10-5-2-6-11-21)36(30(35)40)29(39)34-28-32-14-15-33-28/h1-16,24-27,37-38H,17-19,31H2,(H2,32,33,34,39). The van der Waals surface area contributed by atoms with Crippen LogP contribution in [0.4, 0.5) is 21.2 Å². The first kappa shape index (κ1) is 26.9. The molecule has 0 radical (unpaired) electrons. The van der Waals surface area contributed by atoms with Crippen molar-refractivity contribution in [3.63, 3.8) is 0 Å². The molecule has 10 heteroatoms. The molecule has 6 N–H and O–H groups in total. The highest BCUT2D eigenvalue weighted by Gasteiger charge is 2.48. The second-order valence-corrected chi connectivity index (χ2v) is 9.89.